The van der Waals surface area contributed by atoms with Crippen LogP contribution >= 0.6 is 11.6 Å². The molecule has 2 aromatic carbocycles. The minimum absolute atomic E-state index is 0.0803. The van der Waals surface area contributed by atoms with Crippen LogP contribution in [0.2, 0.25) is 5.02 Å². The molecule has 0 aliphatic rings. The van der Waals surface area contributed by atoms with E-state index in [1.54, 1.807) is 50.2 Å². The number of nitrogens with zero attached hydrogens (tertiary/aromatic N) is 2. The minimum Gasteiger partial charge on any atom is -0.462 e. The van der Waals surface area contributed by atoms with E-state index in [2.05, 4.69) is 9.97 Å². The Kier molecular flexibility index (Phi) is 6.01. The second-order valence-corrected chi connectivity index (χ2v) is 6.26. The summed E-state index contributed by atoms with van der Waals surface area (Å²) in [7, 11) is 0. The molecule has 0 atom stereocenters. The van der Waals surface area contributed by atoms with Crippen molar-refractivity contribution in [2.24, 2.45) is 0 Å². The molecule has 142 valence electrons. The maximum atomic E-state index is 12.4. The van der Waals surface area contributed by atoms with E-state index < -0.39 is 11.9 Å². The summed E-state index contributed by atoms with van der Waals surface area (Å²) in [5, 5.41) is 0.570. The fraction of sp³-hybridized carbons (Fsp3) is 0.143. The summed E-state index contributed by atoms with van der Waals surface area (Å²) < 4.78 is 10.7. The van der Waals surface area contributed by atoms with E-state index in [1.165, 1.54) is 18.6 Å². The highest BCUT2D eigenvalue weighted by molar-refractivity contribution is 6.30. The Morgan fingerprint density at radius 1 is 1.04 bits per heavy atom. The highest BCUT2D eigenvalue weighted by Gasteiger charge is 2.21. The molecule has 3 aromatic rings. The monoisotopic (exact) mass is 396 g/mol. The molecule has 0 amide bonds. The van der Waals surface area contributed by atoms with Crippen molar-refractivity contribution in [1.29, 1.82) is 0 Å². The number of carbonyl (C=O) groups is 2. The van der Waals surface area contributed by atoms with E-state index in [4.69, 9.17) is 21.1 Å². The third-order valence-electron chi connectivity index (χ3n) is 4.03. The predicted octanol–water partition coefficient (Wildman–Crippen LogP) is 4.50. The van der Waals surface area contributed by atoms with Crippen molar-refractivity contribution < 1.29 is 19.1 Å². The van der Waals surface area contributed by atoms with Crippen molar-refractivity contribution in [3.8, 4) is 16.9 Å². The van der Waals surface area contributed by atoms with Gasteiger partial charge in [-0.05, 0) is 49.2 Å². The van der Waals surface area contributed by atoms with E-state index in [0.717, 1.165) is 5.56 Å². The number of ether oxygens (including phenoxy) is 2. The Morgan fingerprint density at radius 2 is 1.79 bits per heavy atom. The molecule has 0 bridgehead atoms. The molecule has 0 fully saturated rings. The van der Waals surface area contributed by atoms with Gasteiger partial charge in [-0.15, -0.1) is 0 Å². The van der Waals surface area contributed by atoms with Gasteiger partial charge in [-0.3, -0.25) is 4.98 Å². The number of benzene rings is 2. The Hall–Kier alpha value is -3.25. The SMILES string of the molecule is CCOC(=O)c1ccc(OC(=O)c2cnccn2)c(-c2ccc(Cl)cc2)c1C. The third kappa shape index (κ3) is 4.18. The average molecular weight is 397 g/mol. The van der Waals surface area contributed by atoms with Crippen LogP contribution in [-0.2, 0) is 4.74 Å². The van der Waals surface area contributed by atoms with Crippen LogP contribution in [0.3, 0.4) is 0 Å². The van der Waals surface area contributed by atoms with Gasteiger partial charge >= 0.3 is 11.9 Å². The number of hydrogen-bond acceptors (Lipinski definition) is 6. The van der Waals surface area contributed by atoms with Gasteiger partial charge < -0.3 is 9.47 Å². The second-order valence-electron chi connectivity index (χ2n) is 5.82. The zero-order valence-corrected chi connectivity index (χ0v) is 16.1. The molecule has 6 nitrogen and oxygen atoms in total. The molecule has 0 saturated heterocycles. The summed E-state index contributed by atoms with van der Waals surface area (Å²) in [6.07, 6.45) is 4.20. The Balaban J connectivity index is 2.08. The maximum Gasteiger partial charge on any atom is 0.363 e. The van der Waals surface area contributed by atoms with Crippen molar-refractivity contribution in [2.75, 3.05) is 6.61 Å². The smallest absolute Gasteiger partial charge is 0.363 e. The summed E-state index contributed by atoms with van der Waals surface area (Å²) in [6.45, 7) is 3.78. The molecule has 0 saturated carbocycles. The standard InChI is InChI=1S/C21H17ClN2O4/c1-3-27-20(25)16-8-9-18(28-21(26)17-12-23-10-11-24-17)19(13(16)2)14-4-6-15(22)7-5-14/h4-12H,3H2,1-2H3. The Labute approximate surface area is 167 Å². The van der Waals surface area contributed by atoms with Gasteiger partial charge in [0.15, 0.2) is 5.69 Å². The minimum atomic E-state index is -0.647. The highest BCUT2D eigenvalue weighted by atomic mass is 35.5. The van der Waals surface area contributed by atoms with Gasteiger partial charge in [0.1, 0.15) is 5.75 Å². The lowest BCUT2D eigenvalue weighted by atomic mass is 9.95. The maximum absolute atomic E-state index is 12.4. The zero-order valence-electron chi connectivity index (χ0n) is 15.3. The molecule has 0 unspecified atom stereocenters. The van der Waals surface area contributed by atoms with Gasteiger partial charge in [0.05, 0.1) is 18.4 Å². The van der Waals surface area contributed by atoms with Crippen molar-refractivity contribution >= 4 is 23.5 Å². The quantitative estimate of drug-likeness (QED) is 0.466. The average Bonchev–Trinajstić information content (AvgIpc) is 2.70. The molecule has 0 aliphatic heterocycles. The number of aromatic nitrogens is 2. The Morgan fingerprint density at radius 3 is 2.43 bits per heavy atom. The number of esters is 2. The van der Waals surface area contributed by atoms with Gasteiger partial charge in [0.2, 0.25) is 0 Å². The van der Waals surface area contributed by atoms with E-state index >= 15 is 0 Å². The van der Waals surface area contributed by atoms with Crippen LogP contribution in [0.25, 0.3) is 11.1 Å². The number of rotatable bonds is 5. The largest absolute Gasteiger partial charge is 0.462 e. The molecule has 1 heterocycles. The van der Waals surface area contributed by atoms with Crippen LogP contribution < -0.4 is 4.74 Å². The summed E-state index contributed by atoms with van der Waals surface area (Å²) in [4.78, 5) is 32.6. The van der Waals surface area contributed by atoms with E-state index in [1.807, 2.05) is 0 Å². The molecule has 3 rings (SSSR count). The number of hydrogen-bond donors (Lipinski definition) is 0. The first-order valence-electron chi connectivity index (χ1n) is 8.56. The van der Waals surface area contributed by atoms with E-state index in [0.29, 0.717) is 27.5 Å². The molecule has 0 radical (unpaired) electrons. The van der Waals surface area contributed by atoms with Gasteiger partial charge in [-0.1, -0.05) is 23.7 Å². The van der Waals surface area contributed by atoms with Crippen molar-refractivity contribution in [3.05, 3.63) is 76.8 Å². The fourth-order valence-corrected chi connectivity index (χ4v) is 2.86. The summed E-state index contributed by atoms with van der Waals surface area (Å²) in [5.74, 6) is -0.794. The van der Waals surface area contributed by atoms with E-state index in [-0.39, 0.29) is 12.3 Å². The first kappa shape index (κ1) is 19.5. The van der Waals surface area contributed by atoms with Gasteiger partial charge in [0, 0.05) is 23.0 Å². The topological polar surface area (TPSA) is 78.4 Å². The van der Waals surface area contributed by atoms with Crippen LogP contribution in [0, 0.1) is 6.92 Å². The second kappa shape index (κ2) is 8.63. The molecule has 0 N–H and O–H groups in total. The summed E-state index contributed by atoms with van der Waals surface area (Å²) >= 11 is 5.99. The van der Waals surface area contributed by atoms with Crippen LogP contribution in [0.5, 0.6) is 5.75 Å². The summed E-state index contributed by atoms with van der Waals surface area (Å²) in [5.41, 5.74) is 2.45. The van der Waals surface area contributed by atoms with Crippen molar-refractivity contribution in [3.63, 3.8) is 0 Å². The molecular formula is C21H17ClN2O4. The molecule has 0 spiro atoms. The number of halogens is 1. The predicted molar refractivity (Wildman–Crippen MR) is 105 cm³/mol. The Bertz CT molecular complexity index is 1000. The molecular weight excluding hydrogens is 380 g/mol. The highest BCUT2D eigenvalue weighted by Crippen LogP contribution is 2.36. The molecule has 28 heavy (non-hydrogen) atoms. The normalized spacial score (nSPS) is 10.4. The first-order chi connectivity index (χ1) is 13.5. The molecule has 1 aromatic heterocycles. The van der Waals surface area contributed by atoms with Crippen molar-refractivity contribution in [2.45, 2.75) is 13.8 Å². The van der Waals surface area contributed by atoms with Crippen molar-refractivity contribution in [1.82, 2.24) is 9.97 Å². The van der Waals surface area contributed by atoms with Crippen LogP contribution in [0.4, 0.5) is 0 Å². The van der Waals surface area contributed by atoms with Crippen LogP contribution in [0.1, 0.15) is 33.3 Å². The molecule has 0 aliphatic carbocycles. The van der Waals surface area contributed by atoms with Gasteiger partial charge in [-0.25, -0.2) is 14.6 Å². The van der Waals surface area contributed by atoms with E-state index in [9.17, 15) is 9.59 Å². The lowest BCUT2D eigenvalue weighted by Crippen LogP contribution is -2.13. The zero-order chi connectivity index (χ0) is 20.1. The third-order valence-corrected chi connectivity index (χ3v) is 4.28. The van der Waals surface area contributed by atoms with Gasteiger partial charge in [-0.2, -0.15) is 0 Å². The number of carbonyl (C=O) groups excluding carboxylic acids is 2. The lowest BCUT2D eigenvalue weighted by molar-refractivity contribution is 0.0525. The van der Waals surface area contributed by atoms with Crippen LogP contribution in [0.15, 0.2) is 55.0 Å². The first-order valence-corrected chi connectivity index (χ1v) is 8.94. The summed E-state index contributed by atoms with van der Waals surface area (Å²) in [6, 6.07) is 10.2. The van der Waals surface area contributed by atoms with Crippen LogP contribution in [-0.4, -0.2) is 28.5 Å². The molecule has 7 heteroatoms. The lowest BCUT2D eigenvalue weighted by Gasteiger charge is -2.16. The van der Waals surface area contributed by atoms with Gasteiger partial charge in [0.25, 0.3) is 0 Å². The fourth-order valence-electron chi connectivity index (χ4n) is 2.73.